The predicted molar refractivity (Wildman–Crippen MR) is 74.9 cm³/mol. The largest absolute Gasteiger partial charge is 0.493 e. The molecular formula is C15H23NO3. The van der Waals surface area contributed by atoms with Gasteiger partial charge in [0.2, 0.25) is 0 Å². The lowest BCUT2D eigenvalue weighted by Gasteiger charge is -2.32. The Balaban J connectivity index is 2.23. The zero-order chi connectivity index (χ0) is 13.7. The van der Waals surface area contributed by atoms with Crippen molar-refractivity contribution >= 4 is 0 Å². The molecule has 4 nitrogen and oxygen atoms in total. The number of rotatable bonds is 5. The Kier molecular flexibility index (Phi) is 5.05. The van der Waals surface area contributed by atoms with Crippen molar-refractivity contribution in [2.75, 3.05) is 34.4 Å². The van der Waals surface area contributed by atoms with Crippen LogP contribution >= 0.6 is 0 Å². The molecule has 1 aromatic carbocycles. The lowest BCUT2D eigenvalue weighted by atomic mass is 9.89. The van der Waals surface area contributed by atoms with E-state index in [0.717, 1.165) is 36.6 Å². The fraction of sp³-hybridized carbons (Fsp3) is 0.600. The molecule has 1 saturated heterocycles. The first-order valence-electron chi connectivity index (χ1n) is 6.78. The van der Waals surface area contributed by atoms with Crippen molar-refractivity contribution in [1.29, 1.82) is 0 Å². The minimum absolute atomic E-state index is 0.140. The molecule has 1 N–H and O–H groups in total. The summed E-state index contributed by atoms with van der Waals surface area (Å²) in [6.07, 6.45) is 2.47. The number of methoxy groups -OCH3 is 2. The number of benzene rings is 1. The van der Waals surface area contributed by atoms with Crippen LogP contribution in [0.3, 0.4) is 0 Å². The van der Waals surface area contributed by atoms with Gasteiger partial charge >= 0.3 is 0 Å². The summed E-state index contributed by atoms with van der Waals surface area (Å²) in [7, 11) is 5.30. The Morgan fingerprint density at radius 3 is 2.74 bits per heavy atom. The molecule has 0 saturated carbocycles. The number of ether oxygens (including phenoxy) is 3. The minimum Gasteiger partial charge on any atom is -0.493 e. The summed E-state index contributed by atoms with van der Waals surface area (Å²) in [5.41, 5.74) is 1.16. The van der Waals surface area contributed by atoms with Crippen molar-refractivity contribution in [2.45, 2.75) is 18.9 Å². The summed E-state index contributed by atoms with van der Waals surface area (Å²) in [6.45, 7) is 1.80. The van der Waals surface area contributed by atoms with Gasteiger partial charge in [0, 0.05) is 19.1 Å². The summed E-state index contributed by atoms with van der Waals surface area (Å²) in [5.74, 6) is 2.03. The first-order chi connectivity index (χ1) is 9.30. The van der Waals surface area contributed by atoms with Gasteiger partial charge in [0.1, 0.15) is 0 Å². The molecule has 0 aliphatic carbocycles. The molecule has 2 atom stereocenters. The van der Waals surface area contributed by atoms with Gasteiger partial charge in [-0.3, -0.25) is 0 Å². The van der Waals surface area contributed by atoms with Crippen molar-refractivity contribution < 1.29 is 14.2 Å². The van der Waals surface area contributed by atoms with Crippen molar-refractivity contribution in [1.82, 2.24) is 5.32 Å². The summed E-state index contributed by atoms with van der Waals surface area (Å²) in [5, 5.41) is 3.25. The fourth-order valence-corrected chi connectivity index (χ4v) is 2.71. The third-order valence-electron chi connectivity index (χ3n) is 3.65. The van der Waals surface area contributed by atoms with Crippen LogP contribution in [0, 0.1) is 5.92 Å². The highest BCUT2D eigenvalue weighted by Crippen LogP contribution is 2.37. The van der Waals surface area contributed by atoms with Gasteiger partial charge in [-0.1, -0.05) is 6.07 Å². The molecule has 1 heterocycles. The van der Waals surface area contributed by atoms with E-state index in [1.54, 1.807) is 14.2 Å². The Morgan fingerprint density at radius 1 is 1.26 bits per heavy atom. The average molecular weight is 265 g/mol. The molecule has 0 spiro atoms. The Labute approximate surface area is 115 Å². The molecule has 1 aromatic rings. The van der Waals surface area contributed by atoms with Crippen molar-refractivity contribution in [3.8, 4) is 11.5 Å². The first kappa shape index (κ1) is 14.2. The molecule has 1 aliphatic rings. The Bertz CT molecular complexity index is 406. The third kappa shape index (κ3) is 3.19. The average Bonchev–Trinajstić information content (AvgIpc) is 2.47. The standard InChI is InChI=1S/C15H23NO3/c1-16-10-12-5-4-8-19-15(12)11-6-7-13(17-2)14(9-11)18-3/h6-7,9,12,15-16H,4-5,8,10H2,1-3H3. The van der Waals surface area contributed by atoms with Gasteiger partial charge < -0.3 is 19.5 Å². The quantitative estimate of drug-likeness (QED) is 0.887. The number of nitrogens with one attached hydrogen (secondary N) is 1. The van der Waals surface area contributed by atoms with Gasteiger partial charge in [-0.2, -0.15) is 0 Å². The number of hydrogen-bond donors (Lipinski definition) is 1. The van der Waals surface area contributed by atoms with Crippen LogP contribution in [0.15, 0.2) is 18.2 Å². The van der Waals surface area contributed by atoms with E-state index in [1.807, 2.05) is 19.2 Å². The zero-order valence-corrected chi connectivity index (χ0v) is 11.9. The lowest BCUT2D eigenvalue weighted by molar-refractivity contribution is -0.0273. The molecule has 0 amide bonds. The Hall–Kier alpha value is -1.26. The third-order valence-corrected chi connectivity index (χ3v) is 3.65. The van der Waals surface area contributed by atoms with Crippen LogP contribution in [0.4, 0.5) is 0 Å². The molecule has 2 unspecified atom stereocenters. The Morgan fingerprint density at radius 2 is 2.05 bits per heavy atom. The molecule has 19 heavy (non-hydrogen) atoms. The molecule has 106 valence electrons. The van der Waals surface area contributed by atoms with Crippen LogP contribution < -0.4 is 14.8 Å². The maximum absolute atomic E-state index is 5.97. The molecular weight excluding hydrogens is 242 g/mol. The van der Waals surface area contributed by atoms with Gasteiger partial charge in [0.25, 0.3) is 0 Å². The van der Waals surface area contributed by atoms with Crippen molar-refractivity contribution in [3.63, 3.8) is 0 Å². The molecule has 1 aliphatic heterocycles. The summed E-state index contributed by atoms with van der Waals surface area (Å²) in [6, 6.07) is 6.04. The second-order valence-corrected chi connectivity index (χ2v) is 4.87. The number of hydrogen-bond acceptors (Lipinski definition) is 4. The van der Waals surface area contributed by atoms with E-state index in [1.165, 1.54) is 6.42 Å². The lowest BCUT2D eigenvalue weighted by Crippen LogP contribution is -2.30. The van der Waals surface area contributed by atoms with Gasteiger partial charge in [-0.15, -0.1) is 0 Å². The van der Waals surface area contributed by atoms with Gasteiger partial charge in [0.05, 0.1) is 20.3 Å². The van der Waals surface area contributed by atoms with Crippen LogP contribution in [-0.2, 0) is 4.74 Å². The zero-order valence-electron chi connectivity index (χ0n) is 11.9. The van der Waals surface area contributed by atoms with Gasteiger partial charge in [0.15, 0.2) is 11.5 Å². The highest BCUT2D eigenvalue weighted by atomic mass is 16.5. The first-order valence-corrected chi connectivity index (χ1v) is 6.78. The van der Waals surface area contributed by atoms with E-state index in [9.17, 15) is 0 Å². The molecule has 2 rings (SSSR count). The summed E-state index contributed by atoms with van der Waals surface area (Å²) >= 11 is 0. The van der Waals surface area contributed by atoms with E-state index >= 15 is 0 Å². The van der Waals surface area contributed by atoms with E-state index < -0.39 is 0 Å². The van der Waals surface area contributed by atoms with E-state index in [4.69, 9.17) is 14.2 Å². The van der Waals surface area contributed by atoms with E-state index in [2.05, 4.69) is 11.4 Å². The molecule has 0 aromatic heterocycles. The topological polar surface area (TPSA) is 39.7 Å². The van der Waals surface area contributed by atoms with Gasteiger partial charge in [-0.25, -0.2) is 0 Å². The van der Waals surface area contributed by atoms with E-state index in [0.29, 0.717) is 5.92 Å². The van der Waals surface area contributed by atoms with Crippen molar-refractivity contribution in [2.24, 2.45) is 5.92 Å². The second-order valence-electron chi connectivity index (χ2n) is 4.87. The minimum atomic E-state index is 0.140. The summed E-state index contributed by atoms with van der Waals surface area (Å²) < 4.78 is 16.6. The van der Waals surface area contributed by atoms with E-state index in [-0.39, 0.29) is 6.10 Å². The molecule has 4 heteroatoms. The van der Waals surface area contributed by atoms with Crippen LogP contribution in [0.2, 0.25) is 0 Å². The van der Waals surface area contributed by atoms with Crippen LogP contribution in [0.5, 0.6) is 11.5 Å². The highest BCUT2D eigenvalue weighted by molar-refractivity contribution is 5.43. The van der Waals surface area contributed by atoms with Crippen LogP contribution in [0.1, 0.15) is 24.5 Å². The molecule has 0 radical (unpaired) electrons. The molecule has 1 fully saturated rings. The summed E-state index contributed by atoms with van der Waals surface area (Å²) in [4.78, 5) is 0. The van der Waals surface area contributed by atoms with Crippen molar-refractivity contribution in [3.05, 3.63) is 23.8 Å². The maximum Gasteiger partial charge on any atom is 0.161 e. The van der Waals surface area contributed by atoms with Crippen LogP contribution in [-0.4, -0.2) is 34.4 Å². The van der Waals surface area contributed by atoms with Crippen LogP contribution in [0.25, 0.3) is 0 Å². The fourth-order valence-electron chi connectivity index (χ4n) is 2.71. The normalized spacial score (nSPS) is 23.1. The smallest absolute Gasteiger partial charge is 0.161 e. The maximum atomic E-state index is 5.97. The molecule has 0 bridgehead atoms. The van der Waals surface area contributed by atoms with Gasteiger partial charge in [-0.05, 0) is 37.6 Å². The monoisotopic (exact) mass is 265 g/mol. The second kappa shape index (κ2) is 6.78. The SMILES string of the molecule is CNCC1CCCOC1c1ccc(OC)c(OC)c1. The highest BCUT2D eigenvalue weighted by Gasteiger charge is 2.27. The predicted octanol–water partition coefficient (Wildman–Crippen LogP) is 2.39.